The molecule has 0 bridgehead atoms. The third-order valence-electron chi connectivity index (χ3n) is 5.13. The van der Waals surface area contributed by atoms with Crippen LogP contribution in [0.5, 0.6) is 0 Å². The second-order valence-corrected chi connectivity index (χ2v) is 8.38. The molecule has 7 heteroatoms. The Labute approximate surface area is 167 Å². The summed E-state index contributed by atoms with van der Waals surface area (Å²) in [5.74, 6) is -0.350. The fraction of sp³-hybridized carbons (Fsp3) is 0.714. The summed E-state index contributed by atoms with van der Waals surface area (Å²) >= 11 is 0. The molecule has 0 aromatic carbocycles. The van der Waals surface area contributed by atoms with Gasteiger partial charge in [-0.1, -0.05) is 12.5 Å². The zero-order valence-electron chi connectivity index (χ0n) is 17.4. The van der Waals surface area contributed by atoms with Crippen molar-refractivity contribution in [1.82, 2.24) is 4.90 Å². The van der Waals surface area contributed by atoms with Crippen molar-refractivity contribution >= 4 is 23.7 Å². The molecule has 0 radical (unpaired) electrons. The number of nitrogens with zero attached hydrogens (tertiary/aromatic N) is 2. The van der Waals surface area contributed by atoms with E-state index in [-0.39, 0.29) is 36.5 Å². The second-order valence-electron chi connectivity index (χ2n) is 8.38. The Morgan fingerprint density at radius 1 is 1.25 bits per heavy atom. The number of hydrogen-bond donors (Lipinski definition) is 0. The summed E-state index contributed by atoms with van der Waals surface area (Å²) in [4.78, 5) is 43.5. The van der Waals surface area contributed by atoms with Crippen LogP contribution in [0.15, 0.2) is 17.6 Å². The molecule has 0 aromatic rings. The first-order valence-corrected chi connectivity index (χ1v) is 10.1. The number of carbonyl (C=O) groups excluding carboxylic acids is 3. The van der Waals surface area contributed by atoms with Gasteiger partial charge in [0.15, 0.2) is 0 Å². The first-order valence-electron chi connectivity index (χ1n) is 10.1. The summed E-state index contributed by atoms with van der Waals surface area (Å²) in [6, 6.07) is -0.604. The molecule has 2 aliphatic rings. The first kappa shape index (κ1) is 22.1. The van der Waals surface area contributed by atoms with Crippen LogP contribution in [0.4, 0.5) is 4.79 Å². The van der Waals surface area contributed by atoms with Crippen LogP contribution in [0.1, 0.15) is 59.8 Å². The lowest BCUT2D eigenvalue weighted by molar-refractivity contribution is -0.152. The lowest BCUT2D eigenvalue weighted by Gasteiger charge is -2.26. The van der Waals surface area contributed by atoms with Crippen molar-refractivity contribution in [2.75, 3.05) is 13.2 Å². The molecule has 1 aliphatic heterocycles. The topological polar surface area (TPSA) is 85.3 Å². The number of rotatable bonds is 6. The van der Waals surface area contributed by atoms with E-state index >= 15 is 0 Å². The van der Waals surface area contributed by atoms with Crippen molar-refractivity contribution in [3.63, 3.8) is 0 Å². The van der Waals surface area contributed by atoms with Crippen molar-refractivity contribution < 1.29 is 23.9 Å². The Morgan fingerprint density at radius 3 is 2.57 bits per heavy atom. The third kappa shape index (κ3) is 5.42. The van der Waals surface area contributed by atoms with Crippen molar-refractivity contribution in [3.8, 4) is 0 Å². The largest absolute Gasteiger partial charge is 0.464 e. The minimum atomic E-state index is -0.799. The lowest BCUT2D eigenvalue weighted by atomic mass is 9.94. The van der Waals surface area contributed by atoms with Gasteiger partial charge in [-0.2, -0.15) is 4.99 Å². The Morgan fingerprint density at radius 2 is 1.96 bits per heavy atom. The summed E-state index contributed by atoms with van der Waals surface area (Å²) in [5.41, 5.74) is -0.603. The molecule has 0 N–H and O–H groups in total. The van der Waals surface area contributed by atoms with Crippen LogP contribution >= 0.6 is 0 Å². The summed E-state index contributed by atoms with van der Waals surface area (Å²) in [5, 5.41) is 0. The van der Waals surface area contributed by atoms with Gasteiger partial charge in [-0.15, -0.1) is 6.58 Å². The van der Waals surface area contributed by atoms with Gasteiger partial charge < -0.3 is 14.4 Å². The van der Waals surface area contributed by atoms with Gasteiger partial charge in [-0.05, 0) is 65.2 Å². The summed E-state index contributed by atoms with van der Waals surface area (Å²) < 4.78 is 10.5. The minimum Gasteiger partial charge on any atom is -0.464 e. The van der Waals surface area contributed by atoms with Gasteiger partial charge in [0, 0.05) is 6.54 Å². The number of allylic oxidation sites excluding steroid dienone is 1. The van der Waals surface area contributed by atoms with Crippen LogP contribution in [0.2, 0.25) is 0 Å². The van der Waals surface area contributed by atoms with E-state index in [4.69, 9.17) is 9.47 Å². The van der Waals surface area contributed by atoms with E-state index in [0.29, 0.717) is 18.9 Å². The number of esters is 1. The lowest BCUT2D eigenvalue weighted by Crippen LogP contribution is -2.47. The minimum absolute atomic E-state index is 0.100. The van der Waals surface area contributed by atoms with Crippen LogP contribution in [-0.2, 0) is 19.1 Å². The molecular formula is C21H32N2O5. The van der Waals surface area contributed by atoms with Gasteiger partial charge in [-0.25, -0.2) is 9.59 Å². The zero-order valence-corrected chi connectivity index (χ0v) is 17.4. The van der Waals surface area contributed by atoms with Crippen LogP contribution < -0.4 is 0 Å². The van der Waals surface area contributed by atoms with Gasteiger partial charge in [0.1, 0.15) is 17.4 Å². The Hall–Kier alpha value is -2.18. The maximum absolute atomic E-state index is 13.2. The molecule has 2 rings (SSSR count). The zero-order chi connectivity index (χ0) is 20.9. The number of carbonyl (C=O) groups is 3. The molecule has 2 fully saturated rings. The molecule has 0 aromatic heterocycles. The summed E-state index contributed by atoms with van der Waals surface area (Å²) in [6.07, 6.45) is 4.59. The molecule has 0 unspecified atom stereocenters. The third-order valence-corrected chi connectivity index (χ3v) is 5.13. The van der Waals surface area contributed by atoms with E-state index in [2.05, 4.69) is 11.6 Å². The normalized spacial score (nSPS) is 24.6. The standard InChI is InChI=1S/C21H32N2O5/c1-6-8-12-16(22-20(26)28-21(3,4)5)18(24)23-13-14-10-9-11-15(14)17(23)19(25)27-7-2/h6,14-15,17H,1,7-13H2,2-5H3/b22-16-/t14-,15-,17-/m0/s1. The molecule has 1 saturated carbocycles. The number of aliphatic imine (C=N–C) groups is 1. The average molecular weight is 392 g/mol. The second kappa shape index (κ2) is 9.34. The molecule has 2 amide bonds. The molecule has 156 valence electrons. The Balaban J connectivity index is 2.26. The molecule has 1 aliphatic carbocycles. The predicted octanol–water partition coefficient (Wildman–Crippen LogP) is 3.52. The Bertz CT molecular complexity index is 650. The summed E-state index contributed by atoms with van der Waals surface area (Å²) in [6.45, 7) is 11.4. The number of hydrogen-bond acceptors (Lipinski definition) is 5. The molecule has 0 spiro atoms. The van der Waals surface area contributed by atoms with Gasteiger partial charge >= 0.3 is 12.1 Å². The number of fused-ring (bicyclic) bond motifs is 1. The van der Waals surface area contributed by atoms with E-state index in [1.807, 2.05) is 0 Å². The molecule has 1 heterocycles. The van der Waals surface area contributed by atoms with Gasteiger partial charge in [-0.3, -0.25) is 4.79 Å². The predicted molar refractivity (Wildman–Crippen MR) is 106 cm³/mol. The monoisotopic (exact) mass is 392 g/mol. The van der Waals surface area contributed by atoms with Crippen LogP contribution in [0.3, 0.4) is 0 Å². The van der Waals surface area contributed by atoms with E-state index < -0.39 is 17.7 Å². The van der Waals surface area contributed by atoms with Crippen molar-refractivity contribution in [2.45, 2.75) is 71.4 Å². The fourth-order valence-electron chi connectivity index (χ4n) is 4.05. The highest BCUT2D eigenvalue weighted by Gasteiger charge is 2.50. The van der Waals surface area contributed by atoms with E-state index in [0.717, 1.165) is 19.3 Å². The highest BCUT2D eigenvalue weighted by molar-refractivity contribution is 6.40. The number of amides is 2. The van der Waals surface area contributed by atoms with Crippen LogP contribution in [0.25, 0.3) is 0 Å². The summed E-state index contributed by atoms with van der Waals surface area (Å²) in [7, 11) is 0. The molecule has 1 saturated heterocycles. The highest BCUT2D eigenvalue weighted by atomic mass is 16.6. The molecule has 28 heavy (non-hydrogen) atoms. The van der Waals surface area contributed by atoms with Crippen molar-refractivity contribution in [1.29, 1.82) is 0 Å². The number of likely N-dealkylation sites (tertiary alicyclic amines) is 1. The van der Waals surface area contributed by atoms with E-state index in [1.165, 1.54) is 0 Å². The quantitative estimate of drug-likeness (QED) is 0.392. The highest BCUT2D eigenvalue weighted by Crippen LogP contribution is 2.42. The van der Waals surface area contributed by atoms with Crippen molar-refractivity contribution in [2.24, 2.45) is 16.8 Å². The van der Waals surface area contributed by atoms with E-state index in [9.17, 15) is 14.4 Å². The van der Waals surface area contributed by atoms with Crippen LogP contribution in [0, 0.1) is 11.8 Å². The molecular weight excluding hydrogens is 360 g/mol. The smallest absolute Gasteiger partial charge is 0.434 e. The maximum atomic E-state index is 13.2. The van der Waals surface area contributed by atoms with Gasteiger partial charge in [0.05, 0.1) is 6.61 Å². The SMILES string of the molecule is C=CCC/C(=N/C(=O)OC(C)(C)C)C(=O)N1C[C@@H]2CCC[C@@H]2[C@H]1C(=O)OCC. The molecule has 7 nitrogen and oxygen atoms in total. The first-order chi connectivity index (χ1) is 13.2. The maximum Gasteiger partial charge on any atom is 0.434 e. The molecule has 3 atom stereocenters. The van der Waals surface area contributed by atoms with Gasteiger partial charge in [0.2, 0.25) is 0 Å². The van der Waals surface area contributed by atoms with Crippen molar-refractivity contribution in [3.05, 3.63) is 12.7 Å². The Kier molecular flexibility index (Phi) is 7.38. The van der Waals surface area contributed by atoms with Crippen LogP contribution in [-0.4, -0.2) is 53.4 Å². The number of ether oxygens (including phenoxy) is 2. The average Bonchev–Trinajstić information content (AvgIpc) is 3.17. The fourth-order valence-corrected chi connectivity index (χ4v) is 4.05. The van der Waals surface area contributed by atoms with Gasteiger partial charge in [0.25, 0.3) is 5.91 Å². The van der Waals surface area contributed by atoms with E-state index in [1.54, 1.807) is 38.7 Å².